The molecule has 0 aliphatic carbocycles. The summed E-state index contributed by atoms with van der Waals surface area (Å²) in [6, 6.07) is 5.57. The molecule has 90 valence electrons. The van der Waals surface area contributed by atoms with Crippen LogP contribution in [-0.2, 0) is 6.54 Å². The fraction of sp³-hybridized carbons (Fsp3) is 0.250. The second-order valence-electron chi connectivity index (χ2n) is 3.87. The zero-order chi connectivity index (χ0) is 12.6. The van der Waals surface area contributed by atoms with Gasteiger partial charge in [-0.25, -0.2) is 4.68 Å². The van der Waals surface area contributed by atoms with Gasteiger partial charge in [0.05, 0.1) is 22.1 Å². The van der Waals surface area contributed by atoms with E-state index < -0.39 is 0 Å². The smallest absolute Gasteiger partial charge is 0.0848 e. The predicted octanol–water partition coefficient (Wildman–Crippen LogP) is 3.25. The molecule has 0 radical (unpaired) electrons. The first-order valence-electron chi connectivity index (χ1n) is 5.25. The molecule has 1 heterocycles. The Hall–Kier alpha value is -1.03. The molecule has 3 nitrogen and oxygen atoms in total. The minimum atomic E-state index is 0.433. The van der Waals surface area contributed by atoms with Crippen molar-refractivity contribution in [3.63, 3.8) is 0 Å². The molecule has 0 bridgehead atoms. The summed E-state index contributed by atoms with van der Waals surface area (Å²) in [5.41, 5.74) is 9.27. The summed E-state index contributed by atoms with van der Waals surface area (Å²) >= 11 is 12.1. The first-order chi connectivity index (χ1) is 8.04. The predicted molar refractivity (Wildman–Crippen MR) is 70.9 cm³/mol. The Balaban J connectivity index is 2.67. The van der Waals surface area contributed by atoms with Crippen LogP contribution in [0.5, 0.6) is 0 Å². The van der Waals surface area contributed by atoms with Gasteiger partial charge < -0.3 is 5.73 Å². The zero-order valence-corrected chi connectivity index (χ0v) is 11.2. The lowest BCUT2D eigenvalue weighted by Gasteiger charge is -2.10. The number of aromatic nitrogens is 2. The number of nitrogens with zero attached hydrogens (tertiary/aromatic N) is 2. The molecule has 0 saturated heterocycles. The lowest BCUT2D eigenvalue weighted by Crippen LogP contribution is -2.07. The summed E-state index contributed by atoms with van der Waals surface area (Å²) < 4.78 is 1.78. The summed E-state index contributed by atoms with van der Waals surface area (Å²) in [5, 5.41) is 5.73. The van der Waals surface area contributed by atoms with Gasteiger partial charge in [-0.1, -0.05) is 29.3 Å². The summed E-state index contributed by atoms with van der Waals surface area (Å²) in [6.07, 6.45) is 0. The zero-order valence-electron chi connectivity index (χ0n) is 9.67. The summed E-state index contributed by atoms with van der Waals surface area (Å²) in [4.78, 5) is 0. The monoisotopic (exact) mass is 269 g/mol. The van der Waals surface area contributed by atoms with E-state index in [4.69, 9.17) is 28.9 Å². The minimum Gasteiger partial charge on any atom is -0.326 e. The number of benzene rings is 1. The molecule has 1 aromatic heterocycles. The van der Waals surface area contributed by atoms with Crippen LogP contribution in [-0.4, -0.2) is 9.78 Å². The SMILES string of the molecule is Cc1nn(-c2cc(Cl)ccc2CN)c(C)c1Cl. The third kappa shape index (κ3) is 2.18. The van der Waals surface area contributed by atoms with Crippen molar-refractivity contribution in [3.8, 4) is 5.69 Å². The molecular formula is C12H13Cl2N3. The Morgan fingerprint density at radius 1 is 1.29 bits per heavy atom. The lowest BCUT2D eigenvalue weighted by atomic mass is 10.2. The van der Waals surface area contributed by atoms with Gasteiger partial charge in [-0.2, -0.15) is 5.10 Å². The molecular weight excluding hydrogens is 257 g/mol. The van der Waals surface area contributed by atoms with E-state index in [-0.39, 0.29) is 0 Å². The molecule has 0 aliphatic heterocycles. The normalized spacial score (nSPS) is 10.9. The van der Waals surface area contributed by atoms with Crippen molar-refractivity contribution in [1.29, 1.82) is 0 Å². The van der Waals surface area contributed by atoms with E-state index in [0.717, 1.165) is 22.6 Å². The quantitative estimate of drug-likeness (QED) is 0.910. The van der Waals surface area contributed by atoms with Gasteiger partial charge in [-0.15, -0.1) is 0 Å². The van der Waals surface area contributed by atoms with Crippen LogP contribution in [0, 0.1) is 13.8 Å². The Labute approximate surface area is 110 Å². The van der Waals surface area contributed by atoms with Gasteiger partial charge in [0.15, 0.2) is 0 Å². The number of nitrogens with two attached hydrogens (primary N) is 1. The summed E-state index contributed by atoms with van der Waals surface area (Å²) in [6.45, 7) is 4.23. The average molecular weight is 270 g/mol. The maximum Gasteiger partial charge on any atom is 0.0848 e. The average Bonchev–Trinajstić information content (AvgIpc) is 2.57. The van der Waals surface area contributed by atoms with Crippen molar-refractivity contribution in [2.45, 2.75) is 20.4 Å². The van der Waals surface area contributed by atoms with Crippen LogP contribution in [0.2, 0.25) is 10.0 Å². The minimum absolute atomic E-state index is 0.433. The second-order valence-corrected chi connectivity index (χ2v) is 4.69. The van der Waals surface area contributed by atoms with E-state index >= 15 is 0 Å². The van der Waals surface area contributed by atoms with Crippen molar-refractivity contribution in [2.75, 3.05) is 0 Å². The molecule has 2 N–H and O–H groups in total. The Morgan fingerprint density at radius 2 is 2.00 bits per heavy atom. The third-order valence-electron chi connectivity index (χ3n) is 2.70. The van der Waals surface area contributed by atoms with E-state index in [0.29, 0.717) is 16.6 Å². The maximum atomic E-state index is 6.14. The van der Waals surface area contributed by atoms with Crippen LogP contribution in [0.4, 0.5) is 0 Å². The molecule has 0 fully saturated rings. The van der Waals surface area contributed by atoms with Crippen LogP contribution < -0.4 is 5.73 Å². The number of hydrogen-bond donors (Lipinski definition) is 1. The van der Waals surface area contributed by atoms with Gasteiger partial charge in [0.2, 0.25) is 0 Å². The van der Waals surface area contributed by atoms with Crippen molar-refractivity contribution in [3.05, 3.63) is 45.2 Å². The highest BCUT2D eigenvalue weighted by Gasteiger charge is 2.13. The van der Waals surface area contributed by atoms with E-state index in [1.807, 2.05) is 32.0 Å². The highest BCUT2D eigenvalue weighted by atomic mass is 35.5. The Bertz CT molecular complexity index is 561. The van der Waals surface area contributed by atoms with Crippen LogP contribution in [0.3, 0.4) is 0 Å². The van der Waals surface area contributed by atoms with Crippen molar-refractivity contribution < 1.29 is 0 Å². The molecule has 2 rings (SSSR count). The second kappa shape index (κ2) is 4.69. The molecule has 0 amide bonds. The molecule has 17 heavy (non-hydrogen) atoms. The topological polar surface area (TPSA) is 43.8 Å². The molecule has 0 atom stereocenters. The highest BCUT2D eigenvalue weighted by Crippen LogP contribution is 2.26. The lowest BCUT2D eigenvalue weighted by molar-refractivity contribution is 0.818. The van der Waals surface area contributed by atoms with Gasteiger partial charge in [0, 0.05) is 11.6 Å². The highest BCUT2D eigenvalue weighted by molar-refractivity contribution is 6.32. The summed E-state index contributed by atoms with van der Waals surface area (Å²) in [5.74, 6) is 0. The molecule has 1 aromatic carbocycles. The number of hydrogen-bond acceptors (Lipinski definition) is 2. The first kappa shape index (κ1) is 12.4. The number of rotatable bonds is 2. The number of aryl methyl sites for hydroxylation is 1. The third-order valence-corrected chi connectivity index (χ3v) is 3.48. The summed E-state index contributed by atoms with van der Waals surface area (Å²) in [7, 11) is 0. The van der Waals surface area contributed by atoms with Gasteiger partial charge in [0.1, 0.15) is 0 Å². The first-order valence-corrected chi connectivity index (χ1v) is 6.00. The maximum absolute atomic E-state index is 6.14. The fourth-order valence-electron chi connectivity index (χ4n) is 1.77. The fourth-order valence-corrected chi connectivity index (χ4v) is 2.05. The molecule has 0 unspecified atom stereocenters. The number of halogens is 2. The van der Waals surface area contributed by atoms with E-state index in [9.17, 15) is 0 Å². The standard InChI is InChI=1S/C12H13Cl2N3/c1-7-12(14)8(2)17(16-7)11-5-10(13)4-3-9(11)6-15/h3-5H,6,15H2,1-2H3. The van der Waals surface area contributed by atoms with Crippen LogP contribution >= 0.6 is 23.2 Å². The molecule has 0 aliphatic rings. The van der Waals surface area contributed by atoms with E-state index in [1.165, 1.54) is 0 Å². The Morgan fingerprint density at radius 3 is 2.53 bits per heavy atom. The van der Waals surface area contributed by atoms with E-state index in [1.54, 1.807) is 4.68 Å². The molecule has 5 heteroatoms. The Kier molecular flexibility index (Phi) is 3.43. The van der Waals surface area contributed by atoms with Crippen LogP contribution in [0.1, 0.15) is 17.0 Å². The largest absolute Gasteiger partial charge is 0.326 e. The van der Waals surface area contributed by atoms with Gasteiger partial charge >= 0.3 is 0 Å². The van der Waals surface area contributed by atoms with Gasteiger partial charge in [0.25, 0.3) is 0 Å². The van der Waals surface area contributed by atoms with Crippen LogP contribution in [0.25, 0.3) is 5.69 Å². The van der Waals surface area contributed by atoms with Gasteiger partial charge in [-0.05, 0) is 31.5 Å². The molecule has 0 saturated carbocycles. The van der Waals surface area contributed by atoms with Crippen molar-refractivity contribution >= 4 is 23.2 Å². The van der Waals surface area contributed by atoms with E-state index in [2.05, 4.69) is 5.10 Å². The van der Waals surface area contributed by atoms with Gasteiger partial charge in [-0.3, -0.25) is 0 Å². The van der Waals surface area contributed by atoms with Crippen molar-refractivity contribution in [1.82, 2.24) is 9.78 Å². The molecule has 0 spiro atoms. The van der Waals surface area contributed by atoms with Crippen LogP contribution in [0.15, 0.2) is 18.2 Å². The van der Waals surface area contributed by atoms with Crippen molar-refractivity contribution in [2.24, 2.45) is 5.73 Å². The molecule has 2 aromatic rings.